The van der Waals surface area contributed by atoms with Gasteiger partial charge in [-0.05, 0) is 18.1 Å². The molecule has 1 saturated heterocycles. The highest BCUT2D eigenvalue weighted by atomic mass is 16.6. The summed E-state index contributed by atoms with van der Waals surface area (Å²) in [5.41, 5.74) is 2.25. The fourth-order valence-electron chi connectivity index (χ4n) is 2.99. The van der Waals surface area contributed by atoms with Crippen molar-refractivity contribution in [1.29, 1.82) is 0 Å². The zero-order valence-electron chi connectivity index (χ0n) is 15.1. The third-order valence-electron chi connectivity index (χ3n) is 4.50. The molecule has 0 aliphatic carbocycles. The van der Waals surface area contributed by atoms with Gasteiger partial charge in [0.15, 0.2) is 0 Å². The van der Waals surface area contributed by atoms with E-state index in [0.29, 0.717) is 0 Å². The van der Waals surface area contributed by atoms with Crippen LogP contribution >= 0.6 is 0 Å². The fourth-order valence-corrected chi connectivity index (χ4v) is 2.99. The van der Waals surface area contributed by atoms with Gasteiger partial charge >= 0.3 is 0 Å². The second kappa shape index (κ2) is 9.15. The van der Waals surface area contributed by atoms with E-state index in [0.717, 1.165) is 38.3 Å². The van der Waals surface area contributed by atoms with Crippen molar-refractivity contribution in [2.45, 2.75) is 19.6 Å². The molecule has 2 aromatic rings. The van der Waals surface area contributed by atoms with E-state index in [1.54, 1.807) is 13.1 Å². The topological polar surface area (TPSA) is 45.1 Å². The van der Waals surface area contributed by atoms with E-state index in [2.05, 4.69) is 34.3 Å². The van der Waals surface area contributed by atoms with E-state index >= 15 is 0 Å². The maximum atomic E-state index is 12.5. The minimum absolute atomic E-state index is 0.00503. The van der Waals surface area contributed by atoms with Crippen molar-refractivity contribution in [1.82, 2.24) is 9.80 Å². The van der Waals surface area contributed by atoms with Gasteiger partial charge in [0.1, 0.15) is 0 Å². The first kappa shape index (κ1) is 18.1. The standard InChI is InChI=1S/C21H25N3O2/c1-18(26-22-16-19-8-4-2-5-9-19)21(25)24-14-12-23(13-15-24)17-20-10-6-3-7-11-20/h2-11,16,18H,12-15,17H2,1H3/b22-16-/t18-/m1/s1. The maximum Gasteiger partial charge on any atom is 0.266 e. The fraction of sp³-hybridized carbons (Fsp3) is 0.333. The molecule has 1 amide bonds. The number of nitrogens with zero attached hydrogens (tertiary/aromatic N) is 3. The molecule has 0 spiro atoms. The van der Waals surface area contributed by atoms with Crippen LogP contribution in [0.4, 0.5) is 0 Å². The third kappa shape index (κ3) is 5.17. The number of piperazine rings is 1. The van der Waals surface area contributed by atoms with E-state index in [4.69, 9.17) is 4.84 Å². The first-order valence-corrected chi connectivity index (χ1v) is 9.01. The van der Waals surface area contributed by atoms with E-state index < -0.39 is 6.10 Å². The van der Waals surface area contributed by atoms with Crippen LogP contribution in [0.1, 0.15) is 18.1 Å². The van der Waals surface area contributed by atoms with Crippen LogP contribution in [0.15, 0.2) is 65.8 Å². The van der Waals surface area contributed by atoms with Crippen LogP contribution in [0, 0.1) is 0 Å². The first-order chi connectivity index (χ1) is 12.7. The van der Waals surface area contributed by atoms with E-state index in [-0.39, 0.29) is 5.91 Å². The lowest BCUT2D eigenvalue weighted by molar-refractivity contribution is -0.144. The lowest BCUT2D eigenvalue weighted by atomic mass is 10.2. The summed E-state index contributed by atoms with van der Waals surface area (Å²) in [6.45, 7) is 5.88. The summed E-state index contributed by atoms with van der Waals surface area (Å²) >= 11 is 0. The predicted octanol–water partition coefficient (Wildman–Crippen LogP) is 2.77. The molecule has 0 N–H and O–H groups in total. The number of benzene rings is 2. The van der Waals surface area contributed by atoms with Crippen molar-refractivity contribution in [3.05, 3.63) is 71.8 Å². The Kier molecular flexibility index (Phi) is 6.39. The van der Waals surface area contributed by atoms with Crippen LogP contribution in [-0.2, 0) is 16.2 Å². The van der Waals surface area contributed by atoms with Gasteiger partial charge in [0.25, 0.3) is 5.91 Å². The summed E-state index contributed by atoms with van der Waals surface area (Å²) in [5, 5.41) is 3.95. The van der Waals surface area contributed by atoms with Gasteiger partial charge in [-0.2, -0.15) is 0 Å². The van der Waals surface area contributed by atoms with Crippen LogP contribution in [0.25, 0.3) is 0 Å². The molecule has 1 aliphatic rings. The normalized spacial score (nSPS) is 16.6. The zero-order chi connectivity index (χ0) is 18.2. The lowest BCUT2D eigenvalue weighted by Crippen LogP contribution is -2.50. The van der Waals surface area contributed by atoms with Gasteiger partial charge in [-0.1, -0.05) is 65.8 Å². The minimum atomic E-state index is -0.573. The number of carbonyl (C=O) groups excluding carboxylic acids is 1. The minimum Gasteiger partial charge on any atom is -0.383 e. The molecule has 5 nitrogen and oxygen atoms in total. The second-order valence-corrected chi connectivity index (χ2v) is 6.48. The number of hydrogen-bond acceptors (Lipinski definition) is 4. The number of amides is 1. The smallest absolute Gasteiger partial charge is 0.266 e. The zero-order valence-corrected chi connectivity index (χ0v) is 15.1. The van der Waals surface area contributed by atoms with Crippen molar-refractivity contribution in [3.63, 3.8) is 0 Å². The molecule has 26 heavy (non-hydrogen) atoms. The quantitative estimate of drug-likeness (QED) is 0.594. The summed E-state index contributed by atoms with van der Waals surface area (Å²) in [4.78, 5) is 22.1. The summed E-state index contributed by atoms with van der Waals surface area (Å²) in [7, 11) is 0. The molecule has 1 fully saturated rings. The van der Waals surface area contributed by atoms with Gasteiger partial charge < -0.3 is 9.74 Å². The van der Waals surface area contributed by atoms with Crippen molar-refractivity contribution >= 4 is 12.1 Å². The van der Waals surface area contributed by atoms with Gasteiger partial charge in [0, 0.05) is 32.7 Å². The SMILES string of the molecule is C[C@@H](O/N=C\c1ccccc1)C(=O)N1CCN(Cc2ccccc2)CC1. The van der Waals surface area contributed by atoms with Gasteiger partial charge in [0.05, 0.1) is 6.21 Å². The molecule has 3 rings (SSSR count). The predicted molar refractivity (Wildman–Crippen MR) is 103 cm³/mol. The largest absolute Gasteiger partial charge is 0.383 e. The van der Waals surface area contributed by atoms with Crippen molar-refractivity contribution in [2.75, 3.05) is 26.2 Å². The maximum absolute atomic E-state index is 12.5. The molecular formula is C21H25N3O2. The van der Waals surface area contributed by atoms with Crippen LogP contribution < -0.4 is 0 Å². The third-order valence-corrected chi connectivity index (χ3v) is 4.50. The summed E-state index contributed by atoms with van der Waals surface area (Å²) in [6, 6.07) is 20.1. The Hall–Kier alpha value is -2.66. The first-order valence-electron chi connectivity index (χ1n) is 9.01. The highest BCUT2D eigenvalue weighted by molar-refractivity contribution is 5.81. The van der Waals surface area contributed by atoms with E-state index in [1.807, 2.05) is 41.3 Å². The monoisotopic (exact) mass is 351 g/mol. The number of carbonyl (C=O) groups is 1. The highest BCUT2D eigenvalue weighted by Crippen LogP contribution is 2.10. The van der Waals surface area contributed by atoms with Crippen LogP contribution in [0.3, 0.4) is 0 Å². The average Bonchev–Trinajstić information content (AvgIpc) is 2.69. The summed E-state index contributed by atoms with van der Waals surface area (Å²) in [5.74, 6) is -0.00503. The molecule has 1 heterocycles. The molecule has 1 aliphatic heterocycles. The van der Waals surface area contributed by atoms with E-state index in [9.17, 15) is 4.79 Å². The molecule has 1 atom stereocenters. The number of rotatable bonds is 6. The van der Waals surface area contributed by atoms with Crippen molar-refractivity contribution < 1.29 is 9.63 Å². The molecule has 0 saturated carbocycles. The molecule has 0 aromatic heterocycles. The second-order valence-electron chi connectivity index (χ2n) is 6.48. The molecule has 0 unspecified atom stereocenters. The Labute approximate surface area is 154 Å². The van der Waals surface area contributed by atoms with Gasteiger partial charge in [-0.3, -0.25) is 9.69 Å². The summed E-state index contributed by atoms with van der Waals surface area (Å²) in [6.07, 6.45) is 1.05. The van der Waals surface area contributed by atoms with Crippen LogP contribution in [0.2, 0.25) is 0 Å². The Bertz CT molecular complexity index is 711. The Morgan fingerprint density at radius 1 is 1.04 bits per heavy atom. The average molecular weight is 351 g/mol. The molecule has 0 bridgehead atoms. The van der Waals surface area contributed by atoms with Gasteiger partial charge in [-0.15, -0.1) is 0 Å². The lowest BCUT2D eigenvalue weighted by Gasteiger charge is -2.35. The molecule has 0 radical (unpaired) electrons. The number of oxime groups is 1. The van der Waals surface area contributed by atoms with Gasteiger partial charge in [0.2, 0.25) is 6.10 Å². The van der Waals surface area contributed by atoms with Crippen molar-refractivity contribution in [2.24, 2.45) is 5.16 Å². The van der Waals surface area contributed by atoms with E-state index in [1.165, 1.54) is 5.56 Å². The van der Waals surface area contributed by atoms with Crippen molar-refractivity contribution in [3.8, 4) is 0 Å². The Balaban J connectivity index is 1.43. The molecule has 136 valence electrons. The summed E-state index contributed by atoms with van der Waals surface area (Å²) < 4.78 is 0. The molecular weight excluding hydrogens is 326 g/mol. The van der Waals surface area contributed by atoms with Crippen LogP contribution in [-0.4, -0.2) is 54.2 Å². The Morgan fingerprint density at radius 3 is 2.31 bits per heavy atom. The molecule has 2 aromatic carbocycles. The van der Waals surface area contributed by atoms with Gasteiger partial charge in [-0.25, -0.2) is 0 Å². The number of hydrogen-bond donors (Lipinski definition) is 0. The Morgan fingerprint density at radius 2 is 1.65 bits per heavy atom. The van der Waals surface area contributed by atoms with Crippen LogP contribution in [0.5, 0.6) is 0 Å². The molecule has 5 heteroatoms. The highest BCUT2D eigenvalue weighted by Gasteiger charge is 2.26.